The highest BCUT2D eigenvalue weighted by molar-refractivity contribution is 5.38. The van der Waals surface area contributed by atoms with Crippen LogP contribution in [0.15, 0.2) is 24.3 Å². The van der Waals surface area contributed by atoms with Crippen LogP contribution in [0.5, 0.6) is 11.6 Å². The molecule has 0 spiro atoms. The van der Waals surface area contributed by atoms with Crippen LogP contribution in [0.2, 0.25) is 0 Å². The Morgan fingerprint density at radius 1 is 1.09 bits per heavy atom. The number of benzene rings is 1. The van der Waals surface area contributed by atoms with E-state index in [9.17, 15) is 20.4 Å². The van der Waals surface area contributed by atoms with Gasteiger partial charge in [0, 0.05) is 40.2 Å². The predicted octanol–water partition coefficient (Wildman–Crippen LogP) is 1.33. The van der Waals surface area contributed by atoms with Crippen LogP contribution in [0.1, 0.15) is 66.7 Å². The first-order valence-electron chi connectivity index (χ1n) is 15.8. The summed E-state index contributed by atoms with van der Waals surface area (Å²) in [4.78, 5) is 0. The zero-order chi connectivity index (χ0) is 33.6. The van der Waals surface area contributed by atoms with Crippen LogP contribution in [-0.4, -0.2) is 73.6 Å². The second-order valence-corrected chi connectivity index (χ2v) is 7.35. The van der Waals surface area contributed by atoms with Crippen molar-refractivity contribution in [3.05, 3.63) is 41.1 Å². The van der Waals surface area contributed by atoms with Crippen molar-refractivity contribution in [3.8, 4) is 11.6 Å². The number of aliphatic hydroxyl groups is 4. The molecule has 9 nitrogen and oxygen atoms in total. The van der Waals surface area contributed by atoms with E-state index in [1.807, 2.05) is 0 Å². The molecule has 3 rings (SSSR count). The summed E-state index contributed by atoms with van der Waals surface area (Å²) >= 11 is 0. The van der Waals surface area contributed by atoms with E-state index in [-0.39, 0.29) is 29.3 Å². The third-order valence-corrected chi connectivity index (χ3v) is 5.12. The van der Waals surface area contributed by atoms with Crippen molar-refractivity contribution in [1.82, 2.24) is 9.78 Å². The molecule has 0 bridgehead atoms. The molecule has 1 aliphatic heterocycles. The van der Waals surface area contributed by atoms with Gasteiger partial charge >= 0.3 is 0 Å². The molecule has 1 aliphatic rings. The number of hydrogen-bond donors (Lipinski definition) is 4. The summed E-state index contributed by atoms with van der Waals surface area (Å²) in [5.74, 6) is -0.448. The van der Waals surface area contributed by atoms with Gasteiger partial charge < -0.3 is 34.6 Å². The van der Waals surface area contributed by atoms with E-state index in [1.165, 1.54) is 31.2 Å². The van der Waals surface area contributed by atoms with Gasteiger partial charge in [0.2, 0.25) is 12.2 Å². The average Bonchev–Trinajstić information content (AvgIpc) is 3.14. The number of aliphatic hydroxyl groups excluding tert-OH is 4. The third kappa shape index (κ3) is 5.24. The van der Waals surface area contributed by atoms with Crippen LogP contribution in [0.3, 0.4) is 0 Å². The number of hydrogen-bond acceptors (Lipinski definition) is 8. The Labute approximate surface area is 205 Å². The lowest BCUT2D eigenvalue weighted by Gasteiger charge is -2.39. The van der Waals surface area contributed by atoms with Crippen LogP contribution in [0.25, 0.3) is 0 Å². The zero-order valence-corrected chi connectivity index (χ0v) is 17.2. The van der Waals surface area contributed by atoms with Crippen molar-refractivity contribution in [2.75, 3.05) is 6.61 Å². The molecule has 4 N–H and O–H groups in total. The van der Waals surface area contributed by atoms with Crippen LogP contribution < -0.4 is 9.47 Å². The first-order valence-corrected chi connectivity index (χ1v) is 9.77. The Bertz CT molecular complexity index is 1230. The number of ether oxygens (including phenoxy) is 3. The van der Waals surface area contributed by atoms with Crippen molar-refractivity contribution in [3.63, 3.8) is 0 Å². The Morgan fingerprint density at radius 3 is 2.44 bits per heavy atom. The molecule has 2 aromatic rings. The number of aromatic nitrogens is 2. The molecule has 1 saturated heterocycles. The summed E-state index contributed by atoms with van der Waals surface area (Å²) in [6.07, 6.45) is -10.6. The molecular formula is C23H34N2O7. The molecule has 1 aromatic carbocycles. The van der Waals surface area contributed by atoms with Crippen LogP contribution in [-0.2, 0) is 11.2 Å². The minimum absolute atomic E-state index is 0.0482. The van der Waals surface area contributed by atoms with Crippen molar-refractivity contribution in [1.29, 1.82) is 0 Å². The smallest absolute Gasteiger partial charge is 0.239 e. The van der Waals surface area contributed by atoms with Gasteiger partial charge in [-0.2, -0.15) is 0 Å². The van der Waals surface area contributed by atoms with Gasteiger partial charge in [0.25, 0.3) is 0 Å². The highest BCUT2D eigenvalue weighted by Gasteiger charge is 2.45. The molecular weight excluding hydrogens is 416 g/mol. The topological polar surface area (TPSA) is 126 Å². The normalized spacial score (nSPS) is 33.2. The Hall–Kier alpha value is -2.17. The SMILES string of the molecule is [2H]C([2H])([2H])C(Oc1ccc(Cc2c(O[C@@H]3O[C@H](CO)[C@@H](O)[C@H](O)[C@H]3O)nn(C(C([2H])([2H])[2H])C([2H])([2H])[2H])c2C)cc1)C([2H])([2H])[2H]. The molecule has 0 unspecified atom stereocenters. The number of nitrogens with zero attached hydrogens (tertiary/aromatic N) is 2. The zero-order valence-electron chi connectivity index (χ0n) is 29.2. The molecule has 0 saturated carbocycles. The summed E-state index contributed by atoms with van der Waals surface area (Å²) in [5, 5.41) is 44.4. The maximum atomic E-state index is 10.5. The van der Waals surface area contributed by atoms with Gasteiger partial charge in [-0.1, -0.05) is 12.1 Å². The quantitative estimate of drug-likeness (QED) is 0.463. The highest BCUT2D eigenvalue weighted by Crippen LogP contribution is 2.31. The highest BCUT2D eigenvalue weighted by atomic mass is 16.7. The maximum absolute atomic E-state index is 10.5. The number of rotatable bonds is 8. The standard InChI is InChI=1S/C23H34N2O7/c1-12(2)25-14(5)17(10-15-6-8-16(9-7-15)30-13(3)4)22(24-25)32-23-21(29)20(28)19(27)18(11-26)31-23/h6-9,12-13,18-21,23,26-29H,10-11H2,1-5H3/t18-,19-,20+,21-,23+/m1/s1/i1D3,2D3,3D3,4D3. The van der Waals surface area contributed by atoms with Crippen molar-refractivity contribution in [2.24, 2.45) is 0 Å². The molecule has 5 atom stereocenters. The fourth-order valence-corrected chi connectivity index (χ4v) is 3.38. The van der Waals surface area contributed by atoms with Gasteiger partial charge in [0.1, 0.15) is 30.2 Å². The summed E-state index contributed by atoms with van der Waals surface area (Å²) in [7, 11) is 0. The van der Waals surface area contributed by atoms with Crippen LogP contribution >= 0.6 is 0 Å². The van der Waals surface area contributed by atoms with Crippen molar-refractivity contribution >= 4 is 0 Å². The second-order valence-electron chi connectivity index (χ2n) is 7.35. The first kappa shape index (κ1) is 12.9. The monoisotopic (exact) mass is 462 g/mol. The third-order valence-electron chi connectivity index (χ3n) is 5.12. The fraction of sp³-hybridized carbons (Fsp3) is 0.609. The summed E-state index contributed by atoms with van der Waals surface area (Å²) in [6.45, 7) is -11.4. The molecule has 0 aliphatic carbocycles. The lowest BCUT2D eigenvalue weighted by atomic mass is 9.99. The van der Waals surface area contributed by atoms with Crippen LogP contribution in [0, 0.1) is 6.92 Å². The lowest BCUT2D eigenvalue weighted by molar-refractivity contribution is -0.278. The maximum Gasteiger partial charge on any atom is 0.239 e. The summed E-state index contributed by atoms with van der Waals surface area (Å²) in [6, 6.07) is 3.40. The Balaban J connectivity index is 2.03. The van der Waals surface area contributed by atoms with Gasteiger partial charge in [0.05, 0.1) is 12.7 Å². The van der Waals surface area contributed by atoms with E-state index in [2.05, 4.69) is 5.10 Å². The van der Waals surface area contributed by atoms with Gasteiger partial charge in [-0.3, -0.25) is 4.68 Å². The minimum atomic E-state index is -3.05. The van der Waals surface area contributed by atoms with Gasteiger partial charge in [-0.25, -0.2) is 0 Å². The van der Waals surface area contributed by atoms with Gasteiger partial charge in [0.15, 0.2) is 0 Å². The van der Waals surface area contributed by atoms with E-state index >= 15 is 0 Å². The average molecular weight is 463 g/mol. The largest absolute Gasteiger partial charge is 0.491 e. The molecule has 32 heavy (non-hydrogen) atoms. The van der Waals surface area contributed by atoms with Gasteiger partial charge in [-0.15, -0.1) is 5.10 Å². The fourth-order valence-electron chi connectivity index (χ4n) is 3.38. The Kier molecular flexibility index (Phi) is 4.11. The first-order chi connectivity index (χ1) is 20.0. The summed E-state index contributed by atoms with van der Waals surface area (Å²) < 4.78 is 109. The molecule has 1 aromatic heterocycles. The molecule has 9 heteroatoms. The predicted molar refractivity (Wildman–Crippen MR) is 117 cm³/mol. The van der Waals surface area contributed by atoms with E-state index in [0.717, 1.165) is 4.68 Å². The van der Waals surface area contributed by atoms with Crippen molar-refractivity contribution in [2.45, 2.75) is 83.6 Å². The van der Waals surface area contributed by atoms with E-state index in [4.69, 9.17) is 30.7 Å². The summed E-state index contributed by atoms with van der Waals surface area (Å²) in [5.41, 5.74) is 0.640. The second kappa shape index (κ2) is 10.2. The Morgan fingerprint density at radius 2 is 1.81 bits per heavy atom. The molecule has 178 valence electrons. The van der Waals surface area contributed by atoms with E-state index in [1.54, 1.807) is 0 Å². The van der Waals surface area contributed by atoms with Gasteiger partial charge in [-0.05, 0) is 52.0 Å². The molecule has 0 amide bonds. The molecule has 0 radical (unpaired) electrons. The minimum Gasteiger partial charge on any atom is -0.491 e. The van der Waals surface area contributed by atoms with Crippen molar-refractivity contribution < 1.29 is 51.1 Å². The molecule has 2 heterocycles. The van der Waals surface area contributed by atoms with Crippen LogP contribution in [0.4, 0.5) is 0 Å². The van der Waals surface area contributed by atoms with E-state index in [0.29, 0.717) is 5.56 Å². The molecule has 1 fully saturated rings. The lowest BCUT2D eigenvalue weighted by Crippen LogP contribution is -2.60. The van der Waals surface area contributed by atoms with E-state index < -0.39 is 76.9 Å².